The van der Waals surface area contributed by atoms with Gasteiger partial charge in [-0.1, -0.05) is 6.42 Å². The van der Waals surface area contributed by atoms with Crippen LogP contribution in [0.4, 0.5) is 4.79 Å². The Labute approximate surface area is 101 Å². The zero-order valence-corrected chi connectivity index (χ0v) is 9.81. The highest BCUT2D eigenvalue weighted by Crippen LogP contribution is 1.99. The van der Waals surface area contributed by atoms with Crippen molar-refractivity contribution in [2.75, 3.05) is 6.54 Å². The molecule has 15 heavy (non-hydrogen) atoms. The fraction of sp³-hybridized carbons (Fsp3) is 0.714. The van der Waals surface area contributed by atoms with E-state index < -0.39 is 18.1 Å². The summed E-state index contributed by atoms with van der Waals surface area (Å²) in [5.74, 6) is -0.787. The number of carbonyl (C=O) groups excluding carboxylic acids is 2. The molecule has 1 atom stereocenters. The van der Waals surface area contributed by atoms with Gasteiger partial charge < -0.3 is 21.9 Å². The number of primary amides is 1. The molecule has 8 heteroatoms. The number of hydrogen-bond acceptors (Lipinski definition) is 5. The molecule has 6 N–H and O–H groups in total. The summed E-state index contributed by atoms with van der Waals surface area (Å²) in [6.45, 7) is 0.553. The van der Waals surface area contributed by atoms with Gasteiger partial charge in [-0.2, -0.15) is 0 Å². The van der Waals surface area contributed by atoms with Crippen LogP contribution in [0.3, 0.4) is 0 Å². The number of carbonyl (C=O) groups is 2. The van der Waals surface area contributed by atoms with Gasteiger partial charge >= 0.3 is 12.1 Å². The molecule has 0 aromatic heterocycles. The van der Waals surface area contributed by atoms with Crippen LogP contribution in [0, 0.1) is 0 Å². The standard InChI is InChI=1S/C7H15N3O3.2ClH/c8-4-2-1-3-5(9)6(11)13-7(10)12;;/h5H,1-4,8-9H2,(H2,10,12);2*1H. The van der Waals surface area contributed by atoms with Gasteiger partial charge in [0.25, 0.3) is 0 Å². The van der Waals surface area contributed by atoms with E-state index in [0.717, 1.165) is 12.8 Å². The molecular formula is C7H17Cl2N3O3. The number of nitrogens with two attached hydrogens (primary N) is 3. The van der Waals surface area contributed by atoms with Crippen LogP contribution in [0.25, 0.3) is 0 Å². The zero-order chi connectivity index (χ0) is 10.3. The first-order valence-corrected chi connectivity index (χ1v) is 4.04. The number of halogens is 2. The van der Waals surface area contributed by atoms with E-state index in [2.05, 4.69) is 10.5 Å². The quantitative estimate of drug-likeness (QED) is 0.363. The SMILES string of the molecule is Cl.Cl.NCCCCC(N)C(=O)OC(N)=O. The summed E-state index contributed by atoms with van der Waals surface area (Å²) in [6, 6.07) is -0.793. The molecule has 0 fully saturated rings. The predicted molar refractivity (Wildman–Crippen MR) is 61.1 cm³/mol. The second-order valence-corrected chi connectivity index (χ2v) is 2.63. The van der Waals surface area contributed by atoms with Crippen LogP contribution in [0.5, 0.6) is 0 Å². The normalized spacial score (nSPS) is 10.5. The highest BCUT2D eigenvalue weighted by atomic mass is 35.5. The first-order valence-electron chi connectivity index (χ1n) is 4.04. The van der Waals surface area contributed by atoms with Crippen LogP contribution in [0.1, 0.15) is 19.3 Å². The third-order valence-electron chi connectivity index (χ3n) is 1.47. The van der Waals surface area contributed by atoms with E-state index in [1.165, 1.54) is 0 Å². The maximum absolute atomic E-state index is 10.9. The molecule has 0 radical (unpaired) electrons. The molecule has 6 nitrogen and oxygen atoms in total. The van der Waals surface area contributed by atoms with Gasteiger partial charge in [-0.3, -0.25) is 0 Å². The van der Waals surface area contributed by atoms with Crippen molar-refractivity contribution in [2.45, 2.75) is 25.3 Å². The van der Waals surface area contributed by atoms with Crippen molar-refractivity contribution in [1.29, 1.82) is 0 Å². The minimum atomic E-state index is -1.13. The molecule has 0 aliphatic rings. The lowest BCUT2D eigenvalue weighted by Crippen LogP contribution is -2.35. The maximum Gasteiger partial charge on any atom is 0.412 e. The predicted octanol–water partition coefficient (Wildman–Crippen LogP) is -0.0918. The van der Waals surface area contributed by atoms with E-state index in [9.17, 15) is 9.59 Å². The first kappa shape index (κ1) is 19.9. The monoisotopic (exact) mass is 261 g/mol. The minimum absolute atomic E-state index is 0. The molecule has 0 bridgehead atoms. The van der Waals surface area contributed by atoms with Crippen LogP contribution in [-0.2, 0) is 9.53 Å². The summed E-state index contributed by atoms with van der Waals surface area (Å²) in [5.41, 5.74) is 15.3. The Kier molecular flexibility index (Phi) is 15.3. The molecule has 1 unspecified atom stereocenters. The number of hydrogen-bond donors (Lipinski definition) is 3. The molecule has 0 aliphatic heterocycles. The highest BCUT2D eigenvalue weighted by Gasteiger charge is 2.16. The second kappa shape index (κ2) is 11.5. The van der Waals surface area contributed by atoms with Crippen molar-refractivity contribution in [1.82, 2.24) is 0 Å². The van der Waals surface area contributed by atoms with Crippen LogP contribution in [0.2, 0.25) is 0 Å². The third-order valence-corrected chi connectivity index (χ3v) is 1.47. The second-order valence-electron chi connectivity index (χ2n) is 2.63. The van der Waals surface area contributed by atoms with Crippen LogP contribution in [0.15, 0.2) is 0 Å². The van der Waals surface area contributed by atoms with Crippen molar-refractivity contribution in [3.8, 4) is 0 Å². The highest BCUT2D eigenvalue weighted by molar-refractivity contribution is 5.86. The molecule has 92 valence electrons. The Morgan fingerprint density at radius 2 is 1.73 bits per heavy atom. The lowest BCUT2D eigenvalue weighted by atomic mass is 10.1. The summed E-state index contributed by atoms with van der Waals surface area (Å²) < 4.78 is 4.09. The van der Waals surface area contributed by atoms with Crippen molar-refractivity contribution in [2.24, 2.45) is 17.2 Å². The summed E-state index contributed by atoms with van der Waals surface area (Å²) in [6.07, 6.45) is 0.839. The Balaban J connectivity index is -0.000000720. The summed E-state index contributed by atoms with van der Waals surface area (Å²) in [4.78, 5) is 21.0. The Morgan fingerprint density at radius 1 is 1.20 bits per heavy atom. The largest absolute Gasteiger partial charge is 0.412 e. The van der Waals surface area contributed by atoms with E-state index in [4.69, 9.17) is 11.5 Å². The number of ether oxygens (including phenoxy) is 1. The van der Waals surface area contributed by atoms with E-state index in [0.29, 0.717) is 13.0 Å². The van der Waals surface area contributed by atoms with Crippen LogP contribution >= 0.6 is 24.8 Å². The van der Waals surface area contributed by atoms with Gasteiger partial charge in [0.15, 0.2) is 0 Å². The summed E-state index contributed by atoms with van der Waals surface area (Å²) in [5, 5.41) is 0. The number of rotatable bonds is 5. The van der Waals surface area contributed by atoms with Gasteiger partial charge in [-0.05, 0) is 19.4 Å². The van der Waals surface area contributed by atoms with E-state index in [1.807, 2.05) is 0 Å². The van der Waals surface area contributed by atoms with Crippen molar-refractivity contribution in [3.05, 3.63) is 0 Å². The summed E-state index contributed by atoms with van der Waals surface area (Å²) >= 11 is 0. The fourth-order valence-corrected chi connectivity index (χ4v) is 0.801. The number of esters is 1. The number of amides is 1. The molecule has 0 saturated heterocycles. The van der Waals surface area contributed by atoms with Crippen LogP contribution < -0.4 is 17.2 Å². The van der Waals surface area contributed by atoms with Gasteiger partial charge in [-0.25, -0.2) is 9.59 Å². The molecule has 0 heterocycles. The maximum atomic E-state index is 10.9. The zero-order valence-electron chi connectivity index (χ0n) is 8.18. The molecule has 0 aliphatic carbocycles. The van der Waals surface area contributed by atoms with E-state index in [-0.39, 0.29) is 24.8 Å². The third kappa shape index (κ3) is 11.4. The first-order chi connectivity index (χ1) is 6.07. The molecule has 0 aromatic rings. The van der Waals surface area contributed by atoms with E-state index >= 15 is 0 Å². The molecular weight excluding hydrogens is 245 g/mol. The molecule has 0 spiro atoms. The van der Waals surface area contributed by atoms with Crippen molar-refractivity contribution >= 4 is 36.9 Å². The minimum Gasteiger partial charge on any atom is -0.375 e. The Morgan fingerprint density at radius 3 is 2.13 bits per heavy atom. The van der Waals surface area contributed by atoms with Crippen molar-refractivity contribution < 1.29 is 14.3 Å². The van der Waals surface area contributed by atoms with Gasteiger partial charge in [0.2, 0.25) is 0 Å². The lowest BCUT2D eigenvalue weighted by Gasteiger charge is -2.07. The Bertz CT molecular complexity index is 192. The summed E-state index contributed by atoms with van der Waals surface area (Å²) in [7, 11) is 0. The average Bonchev–Trinajstić information content (AvgIpc) is 2.03. The van der Waals surface area contributed by atoms with Gasteiger partial charge in [-0.15, -0.1) is 24.8 Å². The molecule has 0 rings (SSSR count). The topological polar surface area (TPSA) is 121 Å². The Hall–Kier alpha value is -0.560. The number of unbranched alkanes of at least 4 members (excludes halogenated alkanes) is 1. The lowest BCUT2D eigenvalue weighted by molar-refractivity contribution is -0.138. The fourth-order valence-electron chi connectivity index (χ4n) is 0.801. The average molecular weight is 262 g/mol. The van der Waals surface area contributed by atoms with E-state index in [1.54, 1.807) is 0 Å². The van der Waals surface area contributed by atoms with Crippen LogP contribution in [-0.4, -0.2) is 24.6 Å². The smallest absolute Gasteiger partial charge is 0.375 e. The van der Waals surface area contributed by atoms with Gasteiger partial charge in [0.1, 0.15) is 6.04 Å². The van der Waals surface area contributed by atoms with Gasteiger partial charge in [0, 0.05) is 0 Å². The molecule has 0 saturated carbocycles. The molecule has 1 amide bonds. The van der Waals surface area contributed by atoms with Crippen molar-refractivity contribution in [3.63, 3.8) is 0 Å². The van der Waals surface area contributed by atoms with Gasteiger partial charge in [0.05, 0.1) is 0 Å². The molecule has 0 aromatic carbocycles.